The van der Waals surface area contributed by atoms with E-state index >= 15 is 0 Å². The second-order valence-corrected chi connectivity index (χ2v) is 7.60. The Hall–Kier alpha value is -2.59. The highest BCUT2D eigenvalue weighted by atomic mass is 32.2. The molecule has 4 rings (SSSR count). The van der Waals surface area contributed by atoms with Crippen molar-refractivity contribution < 1.29 is 22.3 Å². The number of thioether (sulfide) groups is 1. The quantitative estimate of drug-likeness (QED) is 0.636. The number of H-pyrrole nitrogens is 1. The van der Waals surface area contributed by atoms with Crippen molar-refractivity contribution in [2.45, 2.75) is 23.7 Å². The van der Waals surface area contributed by atoms with Crippen LogP contribution in [0.1, 0.15) is 5.56 Å². The minimum atomic E-state index is -4.77. The van der Waals surface area contributed by atoms with Crippen LogP contribution in [0.4, 0.5) is 17.6 Å². The first-order chi connectivity index (χ1) is 13.7. The molecule has 152 valence electrons. The summed E-state index contributed by atoms with van der Waals surface area (Å²) in [6.45, 7) is 0.0802. The molecule has 1 atom stereocenters. The third-order valence-electron chi connectivity index (χ3n) is 4.81. The van der Waals surface area contributed by atoms with Gasteiger partial charge in [0, 0.05) is 23.3 Å². The Morgan fingerprint density at radius 1 is 1.21 bits per heavy atom. The van der Waals surface area contributed by atoms with Crippen LogP contribution in [-0.4, -0.2) is 28.5 Å². The molecule has 0 radical (unpaired) electrons. The number of nitrogens with one attached hydrogen (secondary N) is 1. The third-order valence-corrected chi connectivity index (χ3v) is 6.03. The Balaban J connectivity index is 2.19. The van der Waals surface area contributed by atoms with Gasteiger partial charge in [-0.05, 0) is 23.8 Å². The highest BCUT2D eigenvalue weighted by Gasteiger charge is 2.37. The van der Waals surface area contributed by atoms with Crippen molar-refractivity contribution in [1.29, 1.82) is 0 Å². The van der Waals surface area contributed by atoms with Crippen LogP contribution in [-0.2, 0) is 17.5 Å². The zero-order valence-electron chi connectivity index (χ0n) is 15.0. The Labute approximate surface area is 165 Å². The number of hydrogen-bond donors (Lipinski definition) is 1. The number of benzene rings is 2. The lowest BCUT2D eigenvalue weighted by atomic mass is 9.96. The molecule has 0 saturated heterocycles. The summed E-state index contributed by atoms with van der Waals surface area (Å²) < 4.78 is 61.8. The number of nitrogens with zero attached hydrogens (tertiary/aromatic N) is 1. The van der Waals surface area contributed by atoms with Crippen molar-refractivity contribution in [3.63, 3.8) is 0 Å². The van der Waals surface area contributed by atoms with Gasteiger partial charge in [0.2, 0.25) is 0 Å². The summed E-state index contributed by atoms with van der Waals surface area (Å²) in [5.41, 5.74) is -2.57. The number of ether oxygens (including phenoxy) is 1. The van der Waals surface area contributed by atoms with Gasteiger partial charge in [0.15, 0.2) is 0 Å². The van der Waals surface area contributed by atoms with Crippen LogP contribution in [0.25, 0.3) is 22.0 Å². The lowest BCUT2D eigenvalue weighted by Gasteiger charge is -2.19. The second-order valence-electron chi connectivity index (χ2n) is 6.57. The zero-order chi connectivity index (χ0) is 20.9. The van der Waals surface area contributed by atoms with Crippen LogP contribution in [0.2, 0.25) is 0 Å². The average molecular weight is 426 g/mol. The smallest absolute Gasteiger partial charge is 0.379 e. The van der Waals surface area contributed by atoms with Crippen molar-refractivity contribution in [3.8, 4) is 11.1 Å². The van der Waals surface area contributed by atoms with Crippen molar-refractivity contribution in [3.05, 3.63) is 62.6 Å². The van der Waals surface area contributed by atoms with Crippen molar-refractivity contribution in [2.75, 3.05) is 12.9 Å². The summed E-state index contributed by atoms with van der Waals surface area (Å²) in [6, 6.07) is 5.38. The molecule has 10 heteroatoms. The first-order valence-electron chi connectivity index (χ1n) is 8.53. The van der Waals surface area contributed by atoms with Gasteiger partial charge in [-0.1, -0.05) is 12.1 Å². The highest BCUT2D eigenvalue weighted by Crippen LogP contribution is 2.46. The summed E-state index contributed by atoms with van der Waals surface area (Å²) in [5, 5.41) is -0.234. The molecule has 1 aliphatic rings. The van der Waals surface area contributed by atoms with Gasteiger partial charge < -0.3 is 4.74 Å². The number of halogens is 4. The van der Waals surface area contributed by atoms with Crippen molar-refractivity contribution in [2.24, 2.45) is 0 Å². The van der Waals surface area contributed by atoms with E-state index < -0.39 is 34.9 Å². The molecule has 3 aromatic rings. The number of rotatable bonds is 2. The van der Waals surface area contributed by atoms with Gasteiger partial charge in [-0.3, -0.25) is 14.3 Å². The molecule has 1 aromatic heterocycles. The summed E-state index contributed by atoms with van der Waals surface area (Å²) in [5.74, 6) is -0.314. The normalized spacial score (nSPS) is 16.8. The standard InChI is InChI=1S/C19H14F4N2O3S/c1-28-11-7-25-15-12(17(26)24-18(25)27)6-13(19(21,22)23)14(16(15)29-8-11)9-2-4-10(20)5-3-9/h2-6,11H,7-8H2,1H3,(H,24,26,27)/t11-/m1/s1. The van der Waals surface area contributed by atoms with Crippen LogP contribution in [0.5, 0.6) is 0 Å². The fraction of sp³-hybridized carbons (Fsp3) is 0.263. The lowest BCUT2D eigenvalue weighted by molar-refractivity contribution is -0.137. The molecule has 2 heterocycles. The van der Waals surface area contributed by atoms with E-state index in [2.05, 4.69) is 4.98 Å². The summed E-state index contributed by atoms with van der Waals surface area (Å²) in [7, 11) is 1.44. The van der Waals surface area contributed by atoms with Crippen molar-refractivity contribution in [1.82, 2.24) is 9.55 Å². The minimum Gasteiger partial charge on any atom is -0.379 e. The van der Waals surface area contributed by atoms with Gasteiger partial charge in [0.05, 0.1) is 29.1 Å². The SMILES string of the molecule is CO[C@H]1CSc2c(-c3ccc(F)cc3)c(C(F)(F)F)cc3c(=O)[nH]c(=O)n(c23)C1. The predicted octanol–water partition coefficient (Wildman–Crippen LogP) is 3.64. The van der Waals surface area contributed by atoms with Gasteiger partial charge in [0.25, 0.3) is 5.56 Å². The molecular weight excluding hydrogens is 412 g/mol. The molecule has 0 fully saturated rings. The van der Waals surface area contributed by atoms with Gasteiger partial charge in [0.1, 0.15) is 5.82 Å². The first-order valence-corrected chi connectivity index (χ1v) is 9.52. The summed E-state index contributed by atoms with van der Waals surface area (Å²) in [4.78, 5) is 27.0. The van der Waals surface area contributed by atoms with Gasteiger partial charge >= 0.3 is 11.9 Å². The maximum atomic E-state index is 13.9. The Morgan fingerprint density at radius 3 is 2.52 bits per heavy atom. The monoisotopic (exact) mass is 426 g/mol. The van der Waals surface area contributed by atoms with Crippen LogP contribution >= 0.6 is 11.8 Å². The van der Waals surface area contributed by atoms with E-state index in [-0.39, 0.29) is 39.2 Å². The maximum Gasteiger partial charge on any atom is 0.417 e. The fourth-order valence-corrected chi connectivity index (χ4v) is 4.76. The largest absolute Gasteiger partial charge is 0.417 e. The van der Waals surface area contributed by atoms with Crippen LogP contribution < -0.4 is 11.2 Å². The summed E-state index contributed by atoms with van der Waals surface area (Å²) >= 11 is 1.08. The third kappa shape index (κ3) is 3.36. The Morgan fingerprint density at radius 2 is 1.90 bits per heavy atom. The second kappa shape index (κ2) is 7.03. The maximum absolute atomic E-state index is 13.9. The molecule has 0 amide bonds. The molecule has 0 spiro atoms. The van der Waals surface area contributed by atoms with Crippen LogP contribution in [0.3, 0.4) is 0 Å². The predicted molar refractivity (Wildman–Crippen MR) is 101 cm³/mol. The van der Waals surface area contributed by atoms with E-state index in [9.17, 15) is 27.2 Å². The number of methoxy groups -OCH3 is 1. The molecule has 1 N–H and O–H groups in total. The van der Waals surface area contributed by atoms with E-state index in [1.54, 1.807) is 0 Å². The molecule has 0 saturated carbocycles. The lowest BCUT2D eigenvalue weighted by Crippen LogP contribution is -2.34. The molecule has 0 unspecified atom stereocenters. The highest BCUT2D eigenvalue weighted by molar-refractivity contribution is 7.99. The minimum absolute atomic E-state index is 0.0802. The topological polar surface area (TPSA) is 64.1 Å². The first kappa shape index (κ1) is 19.7. The number of alkyl halides is 3. The van der Waals surface area contributed by atoms with Crippen LogP contribution in [0, 0.1) is 5.82 Å². The van der Waals surface area contributed by atoms with E-state index in [0.29, 0.717) is 0 Å². The number of aromatic nitrogens is 2. The molecule has 2 aromatic carbocycles. The number of hydrogen-bond acceptors (Lipinski definition) is 4. The Bertz CT molecular complexity index is 1220. The fourth-order valence-electron chi connectivity index (χ4n) is 3.44. The van der Waals surface area contributed by atoms with Gasteiger partial charge in [-0.25, -0.2) is 9.18 Å². The van der Waals surface area contributed by atoms with Crippen LogP contribution in [0.15, 0.2) is 44.8 Å². The van der Waals surface area contributed by atoms with E-state index in [0.717, 1.165) is 30.0 Å². The molecule has 1 aliphatic heterocycles. The molecular formula is C19H14F4N2O3S. The van der Waals surface area contributed by atoms with Gasteiger partial charge in [-0.15, -0.1) is 11.8 Å². The summed E-state index contributed by atoms with van der Waals surface area (Å²) in [6.07, 6.45) is -5.22. The zero-order valence-corrected chi connectivity index (χ0v) is 15.8. The van der Waals surface area contributed by atoms with Gasteiger partial charge in [-0.2, -0.15) is 13.2 Å². The van der Waals surface area contributed by atoms with E-state index in [4.69, 9.17) is 4.74 Å². The molecule has 0 bridgehead atoms. The molecule has 29 heavy (non-hydrogen) atoms. The molecule has 0 aliphatic carbocycles. The number of aromatic amines is 1. The van der Waals surface area contributed by atoms with E-state index in [1.807, 2.05) is 0 Å². The van der Waals surface area contributed by atoms with Crippen molar-refractivity contribution >= 4 is 22.7 Å². The Kier molecular flexibility index (Phi) is 4.78. The molecule has 5 nitrogen and oxygen atoms in total. The average Bonchev–Trinajstić information content (AvgIpc) is 2.86. The van der Waals surface area contributed by atoms with E-state index in [1.165, 1.54) is 23.8 Å².